The second-order valence-corrected chi connectivity index (χ2v) is 16.1. The first kappa shape index (κ1) is 34.8. The number of benzene rings is 9. The van der Waals surface area contributed by atoms with Crippen molar-refractivity contribution in [2.45, 2.75) is 19.3 Å². The number of hydrogen-bond acceptors (Lipinski definition) is 4. The highest BCUT2D eigenvalue weighted by atomic mass is 15.1. The lowest BCUT2D eigenvalue weighted by atomic mass is 9.82. The third kappa shape index (κ3) is 5.63. The molecule has 11 rings (SSSR count). The quantitative estimate of drug-likeness (QED) is 0.158. The highest BCUT2D eigenvalue weighted by Crippen LogP contribution is 2.51. The van der Waals surface area contributed by atoms with Crippen LogP contribution in [0.15, 0.2) is 188 Å². The molecule has 0 amide bonds. The van der Waals surface area contributed by atoms with Crippen molar-refractivity contribution in [3.8, 4) is 56.4 Å². The molecule has 1 aromatic heterocycles. The Labute approximate surface area is 344 Å². The van der Waals surface area contributed by atoms with Crippen molar-refractivity contribution >= 4 is 43.7 Å². The van der Waals surface area contributed by atoms with E-state index in [-0.39, 0.29) is 5.41 Å². The highest BCUT2D eigenvalue weighted by molar-refractivity contribution is 6.28. The summed E-state index contributed by atoms with van der Waals surface area (Å²) in [4.78, 5) is 17.6. The fourth-order valence-electron chi connectivity index (χ4n) is 9.37. The van der Waals surface area contributed by atoms with E-state index in [0.29, 0.717) is 17.5 Å². The van der Waals surface area contributed by atoms with Gasteiger partial charge in [0.25, 0.3) is 0 Å². The van der Waals surface area contributed by atoms with E-state index in [4.69, 9.17) is 15.0 Å². The van der Waals surface area contributed by atoms with Gasteiger partial charge >= 0.3 is 0 Å². The highest BCUT2D eigenvalue weighted by Gasteiger charge is 2.35. The minimum Gasteiger partial charge on any atom is -0.344 e. The number of aromatic nitrogens is 3. The zero-order valence-electron chi connectivity index (χ0n) is 33.2. The molecule has 0 unspecified atom stereocenters. The summed E-state index contributed by atoms with van der Waals surface area (Å²) >= 11 is 0. The van der Waals surface area contributed by atoms with E-state index < -0.39 is 0 Å². The summed E-state index contributed by atoms with van der Waals surface area (Å²) in [5.74, 6) is 1.91. The molecule has 0 atom stereocenters. The van der Waals surface area contributed by atoms with Gasteiger partial charge in [0.1, 0.15) is 0 Å². The molecule has 0 saturated carbocycles. The minimum absolute atomic E-state index is 0.0920. The van der Waals surface area contributed by atoms with Crippen LogP contribution in [-0.4, -0.2) is 22.0 Å². The van der Waals surface area contributed by atoms with Gasteiger partial charge in [0.2, 0.25) is 0 Å². The lowest BCUT2D eigenvalue weighted by molar-refractivity contribution is 0.660. The molecule has 4 heteroatoms. The van der Waals surface area contributed by atoms with Crippen molar-refractivity contribution in [3.63, 3.8) is 0 Å². The fraction of sp³-hybridized carbons (Fsp3) is 0.0727. The Balaban J connectivity index is 1.15. The van der Waals surface area contributed by atoms with Crippen molar-refractivity contribution in [3.05, 3.63) is 199 Å². The molecule has 1 aliphatic carbocycles. The molecule has 280 valence electrons. The fourth-order valence-corrected chi connectivity index (χ4v) is 9.37. The van der Waals surface area contributed by atoms with E-state index in [2.05, 4.69) is 177 Å². The van der Waals surface area contributed by atoms with Gasteiger partial charge in [-0.2, -0.15) is 0 Å². The first-order valence-electron chi connectivity index (χ1n) is 20.3. The van der Waals surface area contributed by atoms with Crippen LogP contribution in [0.25, 0.3) is 88.7 Å². The van der Waals surface area contributed by atoms with Crippen molar-refractivity contribution in [1.29, 1.82) is 0 Å². The summed E-state index contributed by atoms with van der Waals surface area (Å²) in [5, 5.41) is 7.50. The largest absolute Gasteiger partial charge is 0.344 e. The van der Waals surface area contributed by atoms with E-state index in [1.165, 1.54) is 54.6 Å². The summed E-state index contributed by atoms with van der Waals surface area (Å²) in [5.41, 5.74) is 12.5. The van der Waals surface area contributed by atoms with Gasteiger partial charge in [0.05, 0.1) is 0 Å². The third-order valence-electron chi connectivity index (χ3n) is 12.3. The Kier molecular flexibility index (Phi) is 8.02. The van der Waals surface area contributed by atoms with E-state index in [9.17, 15) is 0 Å². The Morgan fingerprint density at radius 1 is 0.356 bits per heavy atom. The second kappa shape index (κ2) is 13.6. The molecule has 59 heavy (non-hydrogen) atoms. The molecule has 0 N–H and O–H groups in total. The molecule has 4 nitrogen and oxygen atoms in total. The molecular formula is C55H40N4. The first-order valence-corrected chi connectivity index (χ1v) is 20.3. The third-order valence-corrected chi connectivity index (χ3v) is 12.3. The van der Waals surface area contributed by atoms with Crippen molar-refractivity contribution < 1.29 is 0 Å². The molecule has 0 radical (unpaired) electrons. The zero-order valence-corrected chi connectivity index (χ0v) is 33.2. The zero-order chi connectivity index (χ0) is 39.7. The molecule has 0 spiro atoms. The van der Waals surface area contributed by atoms with Gasteiger partial charge in [-0.1, -0.05) is 172 Å². The monoisotopic (exact) mass is 756 g/mol. The molecule has 1 heterocycles. The first-order chi connectivity index (χ1) is 28.9. The Morgan fingerprint density at radius 2 is 0.831 bits per heavy atom. The van der Waals surface area contributed by atoms with E-state index in [0.717, 1.165) is 39.2 Å². The molecule has 0 aliphatic heterocycles. The van der Waals surface area contributed by atoms with Gasteiger partial charge in [0.15, 0.2) is 17.5 Å². The Hall–Kier alpha value is -7.43. The number of hydrogen-bond donors (Lipinski definition) is 0. The maximum absolute atomic E-state index is 5.14. The smallest absolute Gasteiger partial charge is 0.164 e. The maximum Gasteiger partial charge on any atom is 0.164 e. The van der Waals surface area contributed by atoms with Crippen molar-refractivity contribution in [2.24, 2.45) is 0 Å². The predicted molar refractivity (Wildman–Crippen MR) is 246 cm³/mol. The average Bonchev–Trinajstić information content (AvgIpc) is 3.54. The lowest BCUT2D eigenvalue weighted by Gasteiger charge is -2.26. The SMILES string of the molecule is CN(c1ccc(-c2nc(-c3ccccc3)nc(-c3ccccc3)n2)cc1-c1ccc2c(c1)-c1ccccc1C2(C)C)c1cccc2c3ccccc3c3ccccc3c12. The second-order valence-electron chi connectivity index (χ2n) is 16.1. The summed E-state index contributed by atoms with van der Waals surface area (Å²) in [7, 11) is 2.20. The van der Waals surface area contributed by atoms with Crippen LogP contribution in [0, 0.1) is 0 Å². The van der Waals surface area contributed by atoms with Crippen molar-refractivity contribution in [1.82, 2.24) is 15.0 Å². The van der Waals surface area contributed by atoms with Crippen LogP contribution in [-0.2, 0) is 5.41 Å². The number of nitrogens with zero attached hydrogens (tertiary/aromatic N) is 4. The molecule has 9 aromatic carbocycles. The topological polar surface area (TPSA) is 41.9 Å². The van der Waals surface area contributed by atoms with Crippen LogP contribution in [0.3, 0.4) is 0 Å². The average molecular weight is 757 g/mol. The van der Waals surface area contributed by atoms with Crippen LogP contribution in [0.5, 0.6) is 0 Å². The van der Waals surface area contributed by atoms with Gasteiger partial charge in [-0.3, -0.25) is 0 Å². The van der Waals surface area contributed by atoms with Gasteiger partial charge in [-0.25, -0.2) is 15.0 Å². The van der Waals surface area contributed by atoms with E-state index in [1.807, 2.05) is 36.4 Å². The standard InChI is InChI=1S/C55H40N4/c1-55(2)47-27-15-14-24-42(47)46-33-37(29-31-48(46)55)45-34-38(54-57-52(35-17-6-4-7-18-35)56-53(58-54)36-19-8-5-9-20-36)30-32-49(45)59(3)50-28-16-26-44-41-22-11-10-21-39(41)40-23-12-13-25-43(40)51(44)50/h4-34H,1-3H3. The van der Waals surface area contributed by atoms with Crippen LogP contribution in [0.1, 0.15) is 25.0 Å². The van der Waals surface area contributed by atoms with Crippen LogP contribution in [0.2, 0.25) is 0 Å². The summed E-state index contributed by atoms with van der Waals surface area (Å²) < 4.78 is 0. The summed E-state index contributed by atoms with van der Waals surface area (Å²) in [6.07, 6.45) is 0. The number of fused-ring (bicyclic) bond motifs is 9. The number of anilines is 2. The predicted octanol–water partition coefficient (Wildman–Crippen LogP) is 14.1. The molecule has 0 saturated heterocycles. The summed E-state index contributed by atoms with van der Waals surface area (Å²) in [6.45, 7) is 4.67. The molecule has 1 aliphatic rings. The van der Waals surface area contributed by atoms with E-state index >= 15 is 0 Å². The normalized spacial score (nSPS) is 12.8. The van der Waals surface area contributed by atoms with Gasteiger partial charge in [0, 0.05) is 51.5 Å². The molecule has 10 aromatic rings. The van der Waals surface area contributed by atoms with Gasteiger partial charge in [-0.15, -0.1) is 0 Å². The molecule has 0 fully saturated rings. The maximum atomic E-state index is 5.14. The van der Waals surface area contributed by atoms with Crippen molar-refractivity contribution in [2.75, 3.05) is 11.9 Å². The van der Waals surface area contributed by atoms with E-state index in [1.54, 1.807) is 0 Å². The Bertz CT molecular complexity index is 3160. The number of rotatable bonds is 6. The molecule has 0 bridgehead atoms. The van der Waals surface area contributed by atoms with Crippen LogP contribution in [0.4, 0.5) is 11.4 Å². The summed E-state index contributed by atoms with van der Waals surface area (Å²) in [6, 6.07) is 67.2. The lowest BCUT2D eigenvalue weighted by Crippen LogP contribution is -2.14. The minimum atomic E-state index is -0.0920. The van der Waals surface area contributed by atoms with Crippen LogP contribution < -0.4 is 4.90 Å². The van der Waals surface area contributed by atoms with Gasteiger partial charge in [-0.05, 0) is 85.1 Å². The van der Waals surface area contributed by atoms with Crippen LogP contribution >= 0.6 is 0 Å². The van der Waals surface area contributed by atoms with Gasteiger partial charge < -0.3 is 4.90 Å². The Morgan fingerprint density at radius 3 is 1.47 bits per heavy atom. The molecular weight excluding hydrogens is 717 g/mol.